The van der Waals surface area contributed by atoms with Crippen molar-refractivity contribution in [2.24, 2.45) is 22.4 Å². The van der Waals surface area contributed by atoms with E-state index >= 15 is 0 Å². The zero-order chi connectivity index (χ0) is 28.2. The molecule has 38 heavy (non-hydrogen) atoms. The Morgan fingerprint density at radius 3 is 2.55 bits per heavy atom. The van der Waals surface area contributed by atoms with Crippen molar-refractivity contribution in [2.75, 3.05) is 19.8 Å². The molecule has 1 aliphatic rings. The first-order valence-electron chi connectivity index (χ1n) is 12.5. The van der Waals surface area contributed by atoms with Crippen molar-refractivity contribution in [3.05, 3.63) is 34.9 Å². The number of carbonyl (C=O) groups is 4. The highest BCUT2D eigenvalue weighted by Gasteiger charge is 2.39. The van der Waals surface area contributed by atoms with E-state index in [2.05, 4.69) is 15.6 Å². The lowest BCUT2D eigenvalue weighted by Gasteiger charge is -2.31. The van der Waals surface area contributed by atoms with Crippen LogP contribution >= 0.6 is 11.6 Å². The van der Waals surface area contributed by atoms with E-state index in [1.165, 1.54) is 4.90 Å². The molecule has 3 atom stereocenters. The second kappa shape index (κ2) is 15.1. The number of alkyl carbamates (subject to hydrolysis) is 1. The third-order valence-electron chi connectivity index (χ3n) is 6.14. The Labute approximate surface area is 226 Å². The third kappa shape index (κ3) is 9.16. The van der Waals surface area contributed by atoms with Gasteiger partial charge in [0.25, 0.3) is 0 Å². The molecule has 0 aromatic heterocycles. The van der Waals surface area contributed by atoms with Crippen LogP contribution in [0, 0.1) is 5.92 Å². The molecule has 1 fully saturated rings. The quantitative estimate of drug-likeness (QED) is 0.163. The maximum atomic E-state index is 13.4. The Morgan fingerprint density at radius 1 is 1.21 bits per heavy atom. The molecule has 1 aromatic rings. The van der Waals surface area contributed by atoms with Crippen molar-refractivity contribution in [1.82, 2.24) is 15.5 Å². The van der Waals surface area contributed by atoms with Crippen molar-refractivity contribution in [1.29, 1.82) is 0 Å². The minimum atomic E-state index is -1.24. The minimum absolute atomic E-state index is 0.0770. The van der Waals surface area contributed by atoms with Gasteiger partial charge in [-0.15, -0.1) is 0 Å². The highest BCUT2D eigenvalue weighted by Crippen LogP contribution is 2.21. The summed E-state index contributed by atoms with van der Waals surface area (Å²) in [7, 11) is 0. The van der Waals surface area contributed by atoms with Crippen LogP contribution in [0.1, 0.15) is 45.1 Å². The number of ether oxygens (including phenoxy) is 1. The topological polar surface area (TPSA) is 169 Å². The van der Waals surface area contributed by atoms with E-state index in [1.807, 2.05) is 0 Å². The second-order valence-corrected chi connectivity index (χ2v) is 9.74. The third-order valence-corrected chi connectivity index (χ3v) is 6.51. The lowest BCUT2D eigenvalue weighted by atomic mass is 10.0. The molecule has 6 N–H and O–H groups in total. The molecule has 2 rings (SSSR count). The number of benzene rings is 1. The van der Waals surface area contributed by atoms with Crippen LogP contribution in [-0.2, 0) is 25.7 Å². The largest absolute Gasteiger partial charge is 0.445 e. The van der Waals surface area contributed by atoms with Gasteiger partial charge in [-0.25, -0.2) is 9.18 Å². The molecule has 1 heterocycles. The number of nitrogens with zero attached hydrogens (tertiary/aromatic N) is 2. The van der Waals surface area contributed by atoms with E-state index in [-0.39, 0.29) is 31.4 Å². The van der Waals surface area contributed by atoms with Gasteiger partial charge in [-0.2, -0.15) is 0 Å². The number of hydrogen-bond donors (Lipinski definition) is 4. The second-order valence-electron chi connectivity index (χ2n) is 9.33. The molecule has 3 amide bonds. The van der Waals surface area contributed by atoms with Gasteiger partial charge in [-0.05, 0) is 37.7 Å². The molecular formula is C25H36ClFN6O5. The predicted molar refractivity (Wildman–Crippen MR) is 141 cm³/mol. The summed E-state index contributed by atoms with van der Waals surface area (Å²) < 4.78 is 18.4. The van der Waals surface area contributed by atoms with Gasteiger partial charge in [0.15, 0.2) is 11.7 Å². The number of alkyl halides is 1. The summed E-state index contributed by atoms with van der Waals surface area (Å²) in [5.74, 6) is -2.21. The van der Waals surface area contributed by atoms with Gasteiger partial charge in [0.2, 0.25) is 11.8 Å². The van der Waals surface area contributed by atoms with E-state index in [1.54, 1.807) is 38.1 Å². The molecule has 13 heteroatoms. The first kappa shape index (κ1) is 30.8. The molecule has 0 aliphatic carbocycles. The van der Waals surface area contributed by atoms with Crippen LogP contribution in [0.5, 0.6) is 0 Å². The number of rotatable bonds is 13. The highest BCUT2D eigenvalue weighted by molar-refractivity contribution is 6.31. The summed E-state index contributed by atoms with van der Waals surface area (Å²) in [6.45, 7) is 2.71. The summed E-state index contributed by atoms with van der Waals surface area (Å²) in [5, 5.41) is 5.62. The summed E-state index contributed by atoms with van der Waals surface area (Å²) in [4.78, 5) is 56.2. The number of guanidine groups is 1. The van der Waals surface area contributed by atoms with Gasteiger partial charge < -0.3 is 31.7 Å². The zero-order valence-corrected chi connectivity index (χ0v) is 22.4. The lowest BCUT2D eigenvalue weighted by Crippen LogP contribution is -2.56. The maximum absolute atomic E-state index is 13.4. The number of nitrogens with one attached hydrogen (secondary N) is 2. The molecule has 1 saturated heterocycles. The Bertz CT molecular complexity index is 1020. The van der Waals surface area contributed by atoms with Gasteiger partial charge in [-0.1, -0.05) is 43.6 Å². The number of halogens is 2. The molecule has 0 bridgehead atoms. The molecule has 1 aliphatic heterocycles. The van der Waals surface area contributed by atoms with E-state index in [0.29, 0.717) is 36.4 Å². The Hall–Kier alpha value is -3.41. The SMILES string of the molecule is CC(C)[C@H](NC(=O)OCc1ccccc1Cl)C(=O)N1CCC[C@H]1C(=O)N[C@@H](CCCN=C(N)N)C(=O)CF. The molecule has 210 valence electrons. The molecule has 1 aromatic carbocycles. The fourth-order valence-electron chi connectivity index (χ4n) is 4.10. The van der Waals surface area contributed by atoms with Gasteiger partial charge in [0.05, 0.1) is 6.04 Å². The molecule has 0 saturated carbocycles. The summed E-state index contributed by atoms with van der Waals surface area (Å²) in [5.41, 5.74) is 11.2. The highest BCUT2D eigenvalue weighted by atomic mass is 35.5. The lowest BCUT2D eigenvalue weighted by molar-refractivity contribution is -0.141. The number of aliphatic imine (C=N–C) groups is 1. The Balaban J connectivity index is 2.03. The normalized spacial score (nSPS) is 16.4. The van der Waals surface area contributed by atoms with Crippen LogP contribution < -0.4 is 22.1 Å². The predicted octanol–water partition coefficient (Wildman–Crippen LogP) is 1.66. The van der Waals surface area contributed by atoms with Crippen LogP contribution in [0.3, 0.4) is 0 Å². The van der Waals surface area contributed by atoms with E-state index in [0.717, 1.165) is 0 Å². The zero-order valence-electron chi connectivity index (χ0n) is 21.6. The number of carbonyl (C=O) groups excluding carboxylic acids is 4. The Morgan fingerprint density at radius 2 is 1.92 bits per heavy atom. The van der Waals surface area contributed by atoms with Crippen LogP contribution in [0.15, 0.2) is 29.3 Å². The number of hydrogen-bond acceptors (Lipinski definition) is 6. The average molecular weight is 555 g/mol. The van der Waals surface area contributed by atoms with E-state index < -0.39 is 48.5 Å². The standard InChI is InChI=1S/C25H36ClFN6O5/c1-15(2)21(32-25(37)38-14-16-7-3-4-8-17(16)26)23(36)33-12-6-10-19(33)22(35)31-18(20(34)13-27)9-5-11-30-24(28)29/h3-4,7-8,15,18-19,21H,5-6,9-14H2,1-2H3,(H,31,35)(H,32,37)(H4,28,29,30)/t18-,19-,21-/m0/s1. The Kier molecular flexibility index (Phi) is 12.3. The first-order valence-corrected chi connectivity index (χ1v) is 12.8. The van der Waals surface area contributed by atoms with Crippen LogP contribution in [0.25, 0.3) is 0 Å². The molecule has 0 unspecified atom stereocenters. The van der Waals surface area contributed by atoms with Crippen molar-refractivity contribution in [2.45, 2.75) is 64.3 Å². The summed E-state index contributed by atoms with van der Waals surface area (Å²) in [6.07, 6.45) is 0.602. The van der Waals surface area contributed by atoms with E-state index in [4.69, 9.17) is 27.8 Å². The van der Waals surface area contributed by atoms with Crippen molar-refractivity contribution < 1.29 is 28.3 Å². The van der Waals surface area contributed by atoms with Gasteiger partial charge in [0, 0.05) is 23.7 Å². The molecular weight excluding hydrogens is 519 g/mol. The van der Waals surface area contributed by atoms with Crippen molar-refractivity contribution >= 4 is 41.3 Å². The van der Waals surface area contributed by atoms with Gasteiger partial charge in [-0.3, -0.25) is 19.4 Å². The summed E-state index contributed by atoms with van der Waals surface area (Å²) >= 11 is 6.09. The molecule has 11 nitrogen and oxygen atoms in total. The van der Waals surface area contributed by atoms with Gasteiger partial charge in [0.1, 0.15) is 25.4 Å². The van der Waals surface area contributed by atoms with Crippen LogP contribution in [-0.4, -0.2) is 72.4 Å². The van der Waals surface area contributed by atoms with Crippen LogP contribution in [0.4, 0.5) is 9.18 Å². The van der Waals surface area contributed by atoms with Gasteiger partial charge >= 0.3 is 6.09 Å². The number of amides is 3. The fourth-order valence-corrected chi connectivity index (χ4v) is 4.29. The molecule has 0 radical (unpaired) electrons. The summed E-state index contributed by atoms with van der Waals surface area (Å²) in [6, 6.07) is 4.02. The molecule has 0 spiro atoms. The maximum Gasteiger partial charge on any atom is 0.408 e. The average Bonchev–Trinajstić information content (AvgIpc) is 3.37. The first-order chi connectivity index (χ1) is 18.0. The minimum Gasteiger partial charge on any atom is -0.445 e. The smallest absolute Gasteiger partial charge is 0.408 e. The number of nitrogens with two attached hydrogens (primary N) is 2. The van der Waals surface area contributed by atoms with Crippen LogP contribution in [0.2, 0.25) is 5.02 Å². The fraction of sp³-hybridized carbons (Fsp3) is 0.560. The van der Waals surface area contributed by atoms with E-state index in [9.17, 15) is 23.6 Å². The monoisotopic (exact) mass is 554 g/mol. The number of likely N-dealkylation sites (tertiary alicyclic amines) is 1. The number of Topliss-reactive ketones (excluding diaryl/α,β-unsaturated/α-hetero) is 1. The van der Waals surface area contributed by atoms with Crippen molar-refractivity contribution in [3.63, 3.8) is 0 Å². The number of ketones is 1. The van der Waals surface area contributed by atoms with Crippen molar-refractivity contribution in [3.8, 4) is 0 Å².